The molecule has 2 heterocycles. The predicted octanol–water partition coefficient (Wildman–Crippen LogP) is 4.22. The van der Waals surface area contributed by atoms with Crippen LogP contribution in [0.3, 0.4) is 0 Å². The molecule has 0 saturated carbocycles. The van der Waals surface area contributed by atoms with Crippen molar-refractivity contribution in [3.8, 4) is 5.75 Å². The number of nitrogens with one attached hydrogen (secondary N) is 1. The number of halogens is 1. The van der Waals surface area contributed by atoms with E-state index >= 15 is 0 Å². The first-order valence-electron chi connectivity index (χ1n) is 7.21. The summed E-state index contributed by atoms with van der Waals surface area (Å²) in [5, 5.41) is 3.09. The van der Waals surface area contributed by atoms with Crippen LogP contribution in [0.4, 0.5) is 10.5 Å². The number of hydrogen-bond acceptors (Lipinski definition) is 2. The van der Waals surface area contributed by atoms with Crippen molar-refractivity contribution in [2.45, 2.75) is 25.1 Å². The second kappa shape index (κ2) is 4.74. The van der Waals surface area contributed by atoms with Crippen molar-refractivity contribution >= 4 is 27.6 Å². The molecule has 2 atom stereocenters. The summed E-state index contributed by atoms with van der Waals surface area (Å²) in [5.74, 6) is 0.836. The van der Waals surface area contributed by atoms with E-state index < -0.39 is 5.72 Å². The molecule has 2 aromatic rings. The monoisotopic (exact) mass is 358 g/mol. The molecule has 1 fully saturated rings. The number of ether oxygens (including phenoxy) is 1. The number of amides is 2. The lowest BCUT2D eigenvalue weighted by Gasteiger charge is -2.50. The number of urea groups is 1. The fourth-order valence-corrected chi connectivity index (χ4v) is 3.57. The van der Waals surface area contributed by atoms with Crippen molar-refractivity contribution in [2.24, 2.45) is 0 Å². The maximum absolute atomic E-state index is 12.6. The standard InChI is InChI=1S/C17H15BrN2O2/c1-17-10-14(13-4-2-3-5-15(13)22-17)19-16(21)20(17)12-8-6-11(18)7-9-12/h2-9,14H,10H2,1H3,(H,19,21)/t14-,17-/m0/s1. The summed E-state index contributed by atoms with van der Waals surface area (Å²) in [6.07, 6.45) is 0.714. The molecule has 2 bridgehead atoms. The van der Waals surface area contributed by atoms with Gasteiger partial charge in [0.25, 0.3) is 0 Å². The number of para-hydroxylation sites is 1. The molecule has 2 amide bonds. The zero-order valence-corrected chi connectivity index (χ0v) is 13.6. The Labute approximate surface area is 137 Å². The molecule has 0 aliphatic carbocycles. The minimum Gasteiger partial charge on any atom is -0.467 e. The largest absolute Gasteiger partial charge is 0.467 e. The second-order valence-corrected chi connectivity index (χ2v) is 6.75. The molecule has 0 aromatic heterocycles. The third-order valence-corrected chi connectivity index (χ3v) is 4.79. The van der Waals surface area contributed by atoms with Crippen molar-refractivity contribution in [1.29, 1.82) is 0 Å². The van der Waals surface area contributed by atoms with E-state index in [-0.39, 0.29) is 12.1 Å². The van der Waals surface area contributed by atoms with Crippen LogP contribution in [0.1, 0.15) is 24.9 Å². The highest BCUT2D eigenvalue weighted by Gasteiger charge is 2.49. The van der Waals surface area contributed by atoms with Gasteiger partial charge < -0.3 is 10.1 Å². The summed E-state index contributed by atoms with van der Waals surface area (Å²) in [4.78, 5) is 14.3. The topological polar surface area (TPSA) is 41.6 Å². The molecule has 1 saturated heterocycles. The number of carbonyl (C=O) groups excluding carboxylic acids is 1. The number of nitrogens with zero attached hydrogens (tertiary/aromatic N) is 1. The Balaban J connectivity index is 1.80. The van der Waals surface area contributed by atoms with Gasteiger partial charge in [0.1, 0.15) is 5.75 Å². The summed E-state index contributed by atoms with van der Waals surface area (Å²) >= 11 is 3.42. The summed E-state index contributed by atoms with van der Waals surface area (Å²) in [6, 6.07) is 15.4. The van der Waals surface area contributed by atoms with Gasteiger partial charge in [0.15, 0.2) is 5.72 Å². The molecule has 0 spiro atoms. The summed E-state index contributed by atoms with van der Waals surface area (Å²) in [5.41, 5.74) is 1.18. The number of rotatable bonds is 1. The Morgan fingerprint density at radius 2 is 1.95 bits per heavy atom. The predicted molar refractivity (Wildman–Crippen MR) is 88.0 cm³/mol. The first-order chi connectivity index (χ1) is 10.6. The molecular formula is C17H15BrN2O2. The number of benzene rings is 2. The molecule has 5 heteroatoms. The highest BCUT2D eigenvalue weighted by molar-refractivity contribution is 9.10. The fraction of sp³-hybridized carbons (Fsp3) is 0.235. The SMILES string of the molecule is C[C@]12C[C@H](NC(=O)N1c1ccc(Br)cc1)c1ccccc1O2. The molecule has 2 aromatic carbocycles. The van der Waals surface area contributed by atoms with Crippen molar-refractivity contribution in [2.75, 3.05) is 4.90 Å². The summed E-state index contributed by atoms with van der Waals surface area (Å²) in [7, 11) is 0. The van der Waals surface area contributed by atoms with Crippen LogP contribution in [-0.4, -0.2) is 11.8 Å². The van der Waals surface area contributed by atoms with Crippen LogP contribution in [0.25, 0.3) is 0 Å². The third kappa shape index (κ3) is 2.00. The molecule has 22 heavy (non-hydrogen) atoms. The Morgan fingerprint density at radius 3 is 2.73 bits per heavy atom. The highest BCUT2D eigenvalue weighted by atomic mass is 79.9. The zero-order chi connectivity index (χ0) is 15.3. The van der Waals surface area contributed by atoms with Gasteiger partial charge in [0, 0.05) is 22.1 Å². The molecular weight excluding hydrogens is 344 g/mol. The van der Waals surface area contributed by atoms with E-state index in [1.165, 1.54) is 0 Å². The fourth-order valence-electron chi connectivity index (χ4n) is 3.30. The van der Waals surface area contributed by atoms with Crippen LogP contribution in [0.5, 0.6) is 5.75 Å². The first-order valence-corrected chi connectivity index (χ1v) is 8.00. The van der Waals surface area contributed by atoms with Gasteiger partial charge in [-0.2, -0.15) is 0 Å². The van der Waals surface area contributed by atoms with Crippen LogP contribution >= 0.6 is 15.9 Å². The Morgan fingerprint density at radius 1 is 1.23 bits per heavy atom. The molecule has 2 aliphatic heterocycles. The van der Waals surface area contributed by atoms with Gasteiger partial charge in [-0.05, 0) is 37.3 Å². The van der Waals surface area contributed by atoms with E-state index in [4.69, 9.17) is 4.74 Å². The van der Waals surface area contributed by atoms with Gasteiger partial charge in [-0.1, -0.05) is 34.1 Å². The number of hydrogen-bond donors (Lipinski definition) is 1. The Bertz CT molecular complexity index is 747. The number of anilines is 1. The Hall–Kier alpha value is -2.01. The number of fused-ring (bicyclic) bond motifs is 4. The van der Waals surface area contributed by atoms with Gasteiger partial charge in [-0.25, -0.2) is 4.79 Å². The van der Waals surface area contributed by atoms with Crippen LogP contribution in [0.2, 0.25) is 0 Å². The zero-order valence-electron chi connectivity index (χ0n) is 12.0. The van der Waals surface area contributed by atoms with E-state index in [0.29, 0.717) is 6.42 Å². The normalized spacial score (nSPS) is 26.0. The average Bonchev–Trinajstić information content (AvgIpc) is 2.48. The molecule has 112 valence electrons. The minimum absolute atomic E-state index is 0.00542. The van der Waals surface area contributed by atoms with Gasteiger partial charge in [0.05, 0.1) is 6.04 Å². The molecule has 0 unspecified atom stereocenters. The van der Waals surface area contributed by atoms with E-state index in [1.54, 1.807) is 4.90 Å². The maximum atomic E-state index is 12.6. The first kappa shape index (κ1) is 13.6. The number of carbonyl (C=O) groups is 1. The van der Waals surface area contributed by atoms with Gasteiger partial charge in [-0.3, -0.25) is 4.90 Å². The van der Waals surface area contributed by atoms with Crippen molar-refractivity contribution < 1.29 is 9.53 Å². The van der Waals surface area contributed by atoms with Gasteiger partial charge >= 0.3 is 6.03 Å². The van der Waals surface area contributed by atoms with Gasteiger partial charge in [-0.15, -0.1) is 0 Å². The lowest BCUT2D eigenvalue weighted by Crippen LogP contribution is -2.65. The highest BCUT2D eigenvalue weighted by Crippen LogP contribution is 2.45. The van der Waals surface area contributed by atoms with Crippen LogP contribution < -0.4 is 15.0 Å². The molecule has 0 radical (unpaired) electrons. The van der Waals surface area contributed by atoms with E-state index in [1.807, 2.05) is 55.5 Å². The van der Waals surface area contributed by atoms with E-state index in [2.05, 4.69) is 21.2 Å². The molecule has 4 rings (SSSR count). The molecule has 2 aliphatic rings. The van der Waals surface area contributed by atoms with Crippen LogP contribution in [-0.2, 0) is 0 Å². The molecule has 1 N–H and O–H groups in total. The van der Waals surface area contributed by atoms with E-state index in [0.717, 1.165) is 21.5 Å². The van der Waals surface area contributed by atoms with Crippen LogP contribution in [0, 0.1) is 0 Å². The van der Waals surface area contributed by atoms with E-state index in [9.17, 15) is 4.79 Å². The maximum Gasteiger partial charge on any atom is 0.325 e. The lowest BCUT2D eigenvalue weighted by molar-refractivity contribution is 0.0379. The average molecular weight is 359 g/mol. The van der Waals surface area contributed by atoms with Crippen molar-refractivity contribution in [3.63, 3.8) is 0 Å². The second-order valence-electron chi connectivity index (χ2n) is 5.83. The third-order valence-electron chi connectivity index (χ3n) is 4.27. The minimum atomic E-state index is -0.685. The van der Waals surface area contributed by atoms with Crippen LogP contribution in [0.15, 0.2) is 53.0 Å². The van der Waals surface area contributed by atoms with Crippen molar-refractivity contribution in [3.05, 3.63) is 58.6 Å². The summed E-state index contributed by atoms with van der Waals surface area (Å²) in [6.45, 7) is 1.97. The lowest BCUT2D eigenvalue weighted by atomic mass is 9.90. The Kier molecular flexibility index (Phi) is 2.94. The molecule has 4 nitrogen and oxygen atoms in total. The smallest absolute Gasteiger partial charge is 0.325 e. The van der Waals surface area contributed by atoms with Crippen molar-refractivity contribution in [1.82, 2.24) is 5.32 Å². The summed E-state index contributed by atoms with van der Waals surface area (Å²) < 4.78 is 7.19. The quantitative estimate of drug-likeness (QED) is 0.829. The van der Waals surface area contributed by atoms with Gasteiger partial charge in [0.2, 0.25) is 0 Å².